The molecule has 1 aliphatic rings. The molecule has 4 nitrogen and oxygen atoms in total. The molecule has 0 spiro atoms. The van der Waals surface area contributed by atoms with Gasteiger partial charge in [-0.25, -0.2) is 4.98 Å². The SMILES string of the molecule is CCNc1cccc(N2CCC(C(C)O)CC2)n1. The average Bonchev–Trinajstić information content (AvgIpc) is 2.39. The number of hydrogen-bond acceptors (Lipinski definition) is 4. The van der Waals surface area contributed by atoms with E-state index in [0.29, 0.717) is 5.92 Å². The molecule has 1 aromatic rings. The molecule has 4 heteroatoms. The number of aliphatic hydroxyl groups is 1. The Bertz CT molecular complexity index is 373. The Morgan fingerprint density at radius 3 is 2.78 bits per heavy atom. The van der Waals surface area contributed by atoms with Gasteiger partial charge in [0.1, 0.15) is 11.6 Å². The number of anilines is 2. The molecular formula is C14H23N3O. The predicted octanol–water partition coefficient (Wildman–Crippen LogP) is 2.11. The fraction of sp³-hybridized carbons (Fsp3) is 0.643. The lowest BCUT2D eigenvalue weighted by atomic mass is 9.92. The summed E-state index contributed by atoms with van der Waals surface area (Å²) in [6.07, 6.45) is 1.91. The van der Waals surface area contributed by atoms with E-state index in [0.717, 1.165) is 44.1 Å². The first-order valence-electron chi connectivity index (χ1n) is 6.84. The largest absolute Gasteiger partial charge is 0.393 e. The van der Waals surface area contributed by atoms with E-state index < -0.39 is 0 Å². The molecule has 1 fully saturated rings. The fourth-order valence-corrected chi connectivity index (χ4v) is 2.49. The zero-order valence-corrected chi connectivity index (χ0v) is 11.3. The first-order chi connectivity index (χ1) is 8.70. The standard InChI is InChI=1S/C14H23N3O/c1-3-15-13-5-4-6-14(16-13)17-9-7-12(8-10-17)11(2)18/h4-6,11-12,18H,3,7-10H2,1-2H3,(H,15,16). The van der Waals surface area contributed by atoms with Crippen LogP contribution < -0.4 is 10.2 Å². The van der Waals surface area contributed by atoms with Crippen LogP contribution in [0, 0.1) is 5.92 Å². The van der Waals surface area contributed by atoms with Gasteiger partial charge in [-0.15, -0.1) is 0 Å². The first kappa shape index (κ1) is 13.1. The van der Waals surface area contributed by atoms with Crippen molar-refractivity contribution in [3.05, 3.63) is 18.2 Å². The number of piperidine rings is 1. The topological polar surface area (TPSA) is 48.4 Å². The highest BCUT2D eigenvalue weighted by Gasteiger charge is 2.23. The lowest BCUT2D eigenvalue weighted by molar-refractivity contribution is 0.110. The third-order valence-electron chi connectivity index (χ3n) is 3.64. The number of hydrogen-bond donors (Lipinski definition) is 2. The summed E-state index contributed by atoms with van der Waals surface area (Å²) in [4.78, 5) is 6.91. The molecule has 0 amide bonds. The summed E-state index contributed by atoms with van der Waals surface area (Å²) >= 11 is 0. The first-order valence-corrected chi connectivity index (χ1v) is 6.84. The monoisotopic (exact) mass is 249 g/mol. The number of rotatable bonds is 4. The second kappa shape index (κ2) is 6.05. The molecule has 1 aliphatic heterocycles. The van der Waals surface area contributed by atoms with Gasteiger partial charge in [0.2, 0.25) is 0 Å². The molecule has 1 atom stereocenters. The highest BCUT2D eigenvalue weighted by Crippen LogP contribution is 2.24. The van der Waals surface area contributed by atoms with Gasteiger partial charge in [0.15, 0.2) is 0 Å². The van der Waals surface area contributed by atoms with Crippen molar-refractivity contribution < 1.29 is 5.11 Å². The Morgan fingerprint density at radius 2 is 2.17 bits per heavy atom. The van der Waals surface area contributed by atoms with Gasteiger partial charge < -0.3 is 15.3 Å². The minimum atomic E-state index is -0.187. The third-order valence-corrected chi connectivity index (χ3v) is 3.64. The molecule has 0 bridgehead atoms. The van der Waals surface area contributed by atoms with Crippen molar-refractivity contribution in [3.8, 4) is 0 Å². The van der Waals surface area contributed by atoms with Crippen LogP contribution in [0.3, 0.4) is 0 Å². The number of aliphatic hydroxyl groups excluding tert-OH is 1. The highest BCUT2D eigenvalue weighted by molar-refractivity contribution is 5.47. The van der Waals surface area contributed by atoms with Crippen molar-refractivity contribution >= 4 is 11.6 Å². The van der Waals surface area contributed by atoms with Crippen LogP contribution in [-0.4, -0.2) is 35.8 Å². The second-order valence-corrected chi connectivity index (χ2v) is 4.98. The molecule has 1 aromatic heterocycles. The molecule has 2 N–H and O–H groups in total. The summed E-state index contributed by atoms with van der Waals surface area (Å²) in [7, 11) is 0. The zero-order chi connectivity index (χ0) is 13.0. The van der Waals surface area contributed by atoms with Gasteiger partial charge >= 0.3 is 0 Å². The average molecular weight is 249 g/mol. The molecule has 18 heavy (non-hydrogen) atoms. The molecule has 0 saturated carbocycles. The summed E-state index contributed by atoms with van der Waals surface area (Å²) in [5.41, 5.74) is 0. The summed E-state index contributed by atoms with van der Waals surface area (Å²) in [5.74, 6) is 2.42. The number of nitrogens with one attached hydrogen (secondary N) is 1. The minimum absolute atomic E-state index is 0.187. The van der Waals surface area contributed by atoms with E-state index >= 15 is 0 Å². The van der Waals surface area contributed by atoms with E-state index in [1.807, 2.05) is 19.1 Å². The Balaban J connectivity index is 1.98. The maximum Gasteiger partial charge on any atom is 0.130 e. The van der Waals surface area contributed by atoms with Crippen LogP contribution in [-0.2, 0) is 0 Å². The van der Waals surface area contributed by atoms with Crippen molar-refractivity contribution in [2.24, 2.45) is 5.92 Å². The van der Waals surface area contributed by atoms with Crippen LogP contribution in [0.4, 0.5) is 11.6 Å². The van der Waals surface area contributed by atoms with Crippen LogP contribution >= 0.6 is 0 Å². The Morgan fingerprint density at radius 1 is 1.44 bits per heavy atom. The second-order valence-electron chi connectivity index (χ2n) is 4.98. The normalized spacial score (nSPS) is 18.7. The van der Waals surface area contributed by atoms with Gasteiger partial charge in [-0.05, 0) is 44.7 Å². The van der Waals surface area contributed by atoms with Gasteiger partial charge in [0.05, 0.1) is 6.10 Å². The number of pyridine rings is 1. The van der Waals surface area contributed by atoms with E-state index in [1.165, 1.54) is 0 Å². The van der Waals surface area contributed by atoms with Crippen molar-refractivity contribution in [1.29, 1.82) is 0 Å². The van der Waals surface area contributed by atoms with Gasteiger partial charge in [0, 0.05) is 19.6 Å². The van der Waals surface area contributed by atoms with Crippen molar-refractivity contribution in [3.63, 3.8) is 0 Å². The van der Waals surface area contributed by atoms with Crippen LogP contribution in [0.1, 0.15) is 26.7 Å². The summed E-state index contributed by atoms with van der Waals surface area (Å²) in [6, 6.07) is 6.10. The van der Waals surface area contributed by atoms with Crippen molar-refractivity contribution in [2.75, 3.05) is 29.9 Å². The van der Waals surface area contributed by atoms with Gasteiger partial charge in [-0.2, -0.15) is 0 Å². The molecule has 1 unspecified atom stereocenters. The fourth-order valence-electron chi connectivity index (χ4n) is 2.49. The molecule has 2 heterocycles. The molecule has 1 saturated heterocycles. The Kier molecular flexibility index (Phi) is 4.42. The van der Waals surface area contributed by atoms with Gasteiger partial charge in [-0.3, -0.25) is 0 Å². The summed E-state index contributed by atoms with van der Waals surface area (Å²) in [6.45, 7) is 6.82. The third kappa shape index (κ3) is 3.13. The number of nitrogens with zero attached hydrogens (tertiary/aromatic N) is 2. The van der Waals surface area contributed by atoms with Crippen LogP contribution in [0.25, 0.3) is 0 Å². The van der Waals surface area contributed by atoms with Crippen LogP contribution in [0.2, 0.25) is 0 Å². The highest BCUT2D eigenvalue weighted by atomic mass is 16.3. The van der Waals surface area contributed by atoms with E-state index in [-0.39, 0.29) is 6.10 Å². The van der Waals surface area contributed by atoms with Crippen molar-refractivity contribution in [2.45, 2.75) is 32.8 Å². The smallest absolute Gasteiger partial charge is 0.130 e. The minimum Gasteiger partial charge on any atom is -0.393 e. The molecule has 0 aromatic carbocycles. The molecule has 0 radical (unpaired) electrons. The Hall–Kier alpha value is -1.29. The van der Waals surface area contributed by atoms with Crippen molar-refractivity contribution in [1.82, 2.24) is 4.98 Å². The summed E-state index contributed by atoms with van der Waals surface area (Å²) < 4.78 is 0. The maximum atomic E-state index is 9.60. The lowest BCUT2D eigenvalue weighted by Crippen LogP contribution is -2.37. The van der Waals surface area contributed by atoms with E-state index in [9.17, 15) is 5.11 Å². The Labute approximate surface area is 109 Å². The van der Waals surface area contributed by atoms with Gasteiger partial charge in [0.25, 0.3) is 0 Å². The van der Waals surface area contributed by atoms with E-state index in [4.69, 9.17) is 0 Å². The van der Waals surface area contributed by atoms with E-state index in [2.05, 4.69) is 28.2 Å². The number of aromatic nitrogens is 1. The van der Waals surface area contributed by atoms with Crippen LogP contribution in [0.15, 0.2) is 18.2 Å². The van der Waals surface area contributed by atoms with Crippen LogP contribution in [0.5, 0.6) is 0 Å². The zero-order valence-electron chi connectivity index (χ0n) is 11.3. The molecule has 100 valence electrons. The molecular weight excluding hydrogens is 226 g/mol. The van der Waals surface area contributed by atoms with E-state index in [1.54, 1.807) is 0 Å². The lowest BCUT2D eigenvalue weighted by Gasteiger charge is -2.34. The molecule has 2 rings (SSSR count). The predicted molar refractivity (Wildman–Crippen MR) is 75.0 cm³/mol. The summed E-state index contributed by atoms with van der Waals surface area (Å²) in [5, 5.41) is 12.8. The maximum absolute atomic E-state index is 9.60. The molecule has 0 aliphatic carbocycles. The van der Waals surface area contributed by atoms with Gasteiger partial charge in [-0.1, -0.05) is 6.07 Å². The quantitative estimate of drug-likeness (QED) is 0.858.